The van der Waals surface area contributed by atoms with E-state index < -0.39 is 0 Å². The van der Waals surface area contributed by atoms with Crippen LogP contribution in [0.1, 0.15) is 85.0 Å². The van der Waals surface area contributed by atoms with Gasteiger partial charge in [0.1, 0.15) is 6.10 Å². The first-order valence-corrected chi connectivity index (χ1v) is 7.37. The molecule has 0 spiro atoms. The summed E-state index contributed by atoms with van der Waals surface area (Å²) in [5, 5.41) is 0. The van der Waals surface area contributed by atoms with Gasteiger partial charge in [-0.15, -0.1) is 0 Å². The van der Waals surface area contributed by atoms with E-state index >= 15 is 0 Å². The zero-order valence-electron chi connectivity index (χ0n) is 12.0. The number of hydrogen-bond donors (Lipinski definition) is 0. The smallest absolute Gasteiger partial charge is 0.302 e. The van der Waals surface area contributed by atoms with Gasteiger partial charge in [-0.05, 0) is 25.7 Å². The molecule has 0 aromatic carbocycles. The monoisotopic (exact) mass is 242 g/mol. The Morgan fingerprint density at radius 3 is 1.71 bits per heavy atom. The van der Waals surface area contributed by atoms with Crippen molar-refractivity contribution < 1.29 is 9.53 Å². The first kappa shape index (κ1) is 16.5. The van der Waals surface area contributed by atoms with Crippen molar-refractivity contribution in [3.8, 4) is 0 Å². The van der Waals surface area contributed by atoms with Crippen LogP contribution in [0.4, 0.5) is 0 Å². The third kappa shape index (κ3) is 11.7. The molecule has 0 aromatic rings. The average molecular weight is 242 g/mol. The highest BCUT2D eigenvalue weighted by Crippen LogP contribution is 2.15. The molecular formula is C15H30O2. The van der Waals surface area contributed by atoms with Crippen LogP contribution in [0.2, 0.25) is 0 Å². The predicted molar refractivity (Wildman–Crippen MR) is 73.1 cm³/mol. The van der Waals surface area contributed by atoms with Crippen molar-refractivity contribution in [1.82, 2.24) is 0 Å². The van der Waals surface area contributed by atoms with Crippen molar-refractivity contribution >= 4 is 5.97 Å². The molecule has 0 atom stereocenters. The average Bonchev–Trinajstić information content (AvgIpc) is 2.29. The molecule has 0 saturated carbocycles. The van der Waals surface area contributed by atoms with Crippen LogP contribution < -0.4 is 0 Å². The second-order valence-corrected chi connectivity index (χ2v) is 4.93. The van der Waals surface area contributed by atoms with Crippen LogP contribution in [0.25, 0.3) is 0 Å². The highest BCUT2D eigenvalue weighted by molar-refractivity contribution is 5.66. The topological polar surface area (TPSA) is 26.3 Å². The van der Waals surface area contributed by atoms with E-state index in [1.54, 1.807) is 0 Å². The fourth-order valence-corrected chi connectivity index (χ4v) is 2.09. The maximum atomic E-state index is 11.0. The lowest BCUT2D eigenvalue weighted by Gasteiger charge is -2.16. The maximum Gasteiger partial charge on any atom is 0.302 e. The molecule has 0 bridgehead atoms. The standard InChI is InChI=1S/C15H30O2/c1-4-6-8-10-12-15(17-14(3)16)13-11-9-7-5-2/h15H,4-13H2,1-3H3. The van der Waals surface area contributed by atoms with E-state index in [2.05, 4.69) is 13.8 Å². The number of carbonyl (C=O) groups excluding carboxylic acids is 1. The van der Waals surface area contributed by atoms with E-state index in [0.717, 1.165) is 12.8 Å². The summed E-state index contributed by atoms with van der Waals surface area (Å²) in [5.41, 5.74) is 0. The second kappa shape index (κ2) is 11.9. The summed E-state index contributed by atoms with van der Waals surface area (Å²) in [6.07, 6.45) is 12.3. The minimum Gasteiger partial charge on any atom is -0.463 e. The lowest BCUT2D eigenvalue weighted by Crippen LogP contribution is -2.16. The second-order valence-electron chi connectivity index (χ2n) is 4.93. The summed E-state index contributed by atoms with van der Waals surface area (Å²) in [7, 11) is 0. The number of ether oxygens (including phenoxy) is 1. The summed E-state index contributed by atoms with van der Waals surface area (Å²) in [6.45, 7) is 5.95. The maximum absolute atomic E-state index is 11.0. The van der Waals surface area contributed by atoms with E-state index in [9.17, 15) is 4.79 Å². The predicted octanol–water partition coefficient (Wildman–Crippen LogP) is 4.86. The van der Waals surface area contributed by atoms with Crippen molar-refractivity contribution in [3.05, 3.63) is 0 Å². The number of rotatable bonds is 11. The molecule has 0 aromatic heterocycles. The van der Waals surface area contributed by atoms with Crippen molar-refractivity contribution in [1.29, 1.82) is 0 Å². The fourth-order valence-electron chi connectivity index (χ4n) is 2.09. The highest BCUT2D eigenvalue weighted by atomic mass is 16.5. The van der Waals surface area contributed by atoms with E-state index in [0.29, 0.717) is 0 Å². The van der Waals surface area contributed by atoms with E-state index in [-0.39, 0.29) is 12.1 Å². The van der Waals surface area contributed by atoms with Gasteiger partial charge in [0.15, 0.2) is 0 Å². The molecule has 0 fully saturated rings. The summed E-state index contributed by atoms with van der Waals surface area (Å²) in [4.78, 5) is 11.0. The van der Waals surface area contributed by atoms with Gasteiger partial charge in [-0.2, -0.15) is 0 Å². The molecule has 0 heterocycles. The normalized spacial score (nSPS) is 10.8. The molecule has 0 aliphatic carbocycles. The van der Waals surface area contributed by atoms with E-state index in [4.69, 9.17) is 4.74 Å². The molecule has 0 N–H and O–H groups in total. The lowest BCUT2D eigenvalue weighted by molar-refractivity contribution is -0.147. The first-order valence-electron chi connectivity index (χ1n) is 7.37. The Morgan fingerprint density at radius 2 is 1.35 bits per heavy atom. The fraction of sp³-hybridized carbons (Fsp3) is 0.933. The Morgan fingerprint density at radius 1 is 0.882 bits per heavy atom. The lowest BCUT2D eigenvalue weighted by atomic mass is 10.0. The molecule has 0 rings (SSSR count). The molecular weight excluding hydrogens is 212 g/mol. The van der Waals surface area contributed by atoms with E-state index in [1.165, 1.54) is 58.3 Å². The van der Waals surface area contributed by atoms with Gasteiger partial charge in [-0.25, -0.2) is 0 Å². The number of carbonyl (C=O) groups is 1. The van der Waals surface area contributed by atoms with Gasteiger partial charge in [0.2, 0.25) is 0 Å². The van der Waals surface area contributed by atoms with Crippen LogP contribution in [-0.2, 0) is 9.53 Å². The number of esters is 1. The summed E-state index contributed by atoms with van der Waals surface area (Å²) >= 11 is 0. The van der Waals surface area contributed by atoms with E-state index in [1.807, 2.05) is 0 Å². The Balaban J connectivity index is 3.68. The summed E-state index contributed by atoms with van der Waals surface area (Å²) in [5.74, 6) is -0.124. The zero-order valence-corrected chi connectivity index (χ0v) is 12.0. The van der Waals surface area contributed by atoms with Gasteiger partial charge in [0.25, 0.3) is 0 Å². The summed E-state index contributed by atoms with van der Waals surface area (Å²) < 4.78 is 5.37. The Kier molecular flexibility index (Phi) is 11.6. The first-order chi connectivity index (χ1) is 8.20. The zero-order chi connectivity index (χ0) is 12.9. The van der Waals surface area contributed by atoms with Crippen LogP contribution in [-0.4, -0.2) is 12.1 Å². The van der Waals surface area contributed by atoms with Crippen molar-refractivity contribution in [2.24, 2.45) is 0 Å². The van der Waals surface area contributed by atoms with Crippen LogP contribution >= 0.6 is 0 Å². The van der Waals surface area contributed by atoms with Crippen molar-refractivity contribution in [3.63, 3.8) is 0 Å². The third-order valence-corrected chi connectivity index (χ3v) is 3.09. The molecule has 2 heteroatoms. The van der Waals surface area contributed by atoms with Crippen LogP contribution in [0.15, 0.2) is 0 Å². The van der Waals surface area contributed by atoms with Gasteiger partial charge in [-0.3, -0.25) is 4.79 Å². The Hall–Kier alpha value is -0.530. The molecule has 0 saturated heterocycles. The molecule has 2 nitrogen and oxygen atoms in total. The van der Waals surface area contributed by atoms with Crippen LogP contribution in [0, 0.1) is 0 Å². The largest absolute Gasteiger partial charge is 0.463 e. The quantitative estimate of drug-likeness (QED) is 0.382. The highest BCUT2D eigenvalue weighted by Gasteiger charge is 2.11. The van der Waals surface area contributed by atoms with Crippen molar-refractivity contribution in [2.75, 3.05) is 0 Å². The van der Waals surface area contributed by atoms with Crippen molar-refractivity contribution in [2.45, 2.75) is 91.1 Å². The van der Waals surface area contributed by atoms with Crippen LogP contribution in [0.3, 0.4) is 0 Å². The number of unbranched alkanes of at least 4 members (excludes halogenated alkanes) is 6. The SMILES string of the molecule is CCCCCCC(CCCCCC)OC(C)=O. The van der Waals surface area contributed by atoms with Gasteiger partial charge in [0, 0.05) is 6.92 Å². The van der Waals surface area contributed by atoms with Gasteiger partial charge < -0.3 is 4.74 Å². The summed E-state index contributed by atoms with van der Waals surface area (Å²) in [6, 6.07) is 0. The molecule has 0 aliphatic rings. The molecule has 0 amide bonds. The third-order valence-electron chi connectivity index (χ3n) is 3.09. The number of hydrogen-bond acceptors (Lipinski definition) is 2. The van der Waals surface area contributed by atoms with Gasteiger partial charge >= 0.3 is 5.97 Å². The molecule has 17 heavy (non-hydrogen) atoms. The van der Waals surface area contributed by atoms with Gasteiger partial charge in [0.05, 0.1) is 0 Å². The Labute approximate surface area is 107 Å². The molecule has 0 unspecified atom stereocenters. The minimum atomic E-state index is -0.124. The Bertz CT molecular complexity index is 166. The molecule has 0 aliphatic heterocycles. The van der Waals surface area contributed by atoms with Crippen LogP contribution in [0.5, 0.6) is 0 Å². The molecule has 0 radical (unpaired) electrons. The van der Waals surface area contributed by atoms with Gasteiger partial charge in [-0.1, -0.05) is 52.4 Å². The minimum absolute atomic E-state index is 0.124. The molecule has 102 valence electrons.